The van der Waals surface area contributed by atoms with Crippen LogP contribution in [0.4, 0.5) is 5.69 Å². The van der Waals surface area contributed by atoms with Crippen molar-refractivity contribution < 1.29 is 14.8 Å². The predicted molar refractivity (Wildman–Crippen MR) is 78.2 cm³/mol. The van der Waals surface area contributed by atoms with Crippen LogP contribution in [0.25, 0.3) is 5.82 Å². The van der Waals surface area contributed by atoms with E-state index in [-0.39, 0.29) is 30.7 Å². The van der Waals surface area contributed by atoms with Crippen LogP contribution in [0, 0.1) is 29.9 Å². The number of ether oxygens (including phenoxy) is 1. The van der Waals surface area contributed by atoms with Crippen molar-refractivity contribution in [3.63, 3.8) is 0 Å². The average molecular weight is 309 g/mol. The third-order valence-electron chi connectivity index (χ3n) is 3.25. The second-order valence-corrected chi connectivity index (χ2v) is 5.27. The van der Waals surface area contributed by atoms with Crippen LogP contribution in [0.3, 0.4) is 0 Å². The van der Waals surface area contributed by atoms with Gasteiger partial charge in [0, 0.05) is 25.6 Å². The van der Waals surface area contributed by atoms with Gasteiger partial charge in [0.25, 0.3) is 0 Å². The summed E-state index contributed by atoms with van der Waals surface area (Å²) in [6, 6.07) is 1.78. The van der Waals surface area contributed by atoms with E-state index >= 15 is 0 Å². The fourth-order valence-corrected chi connectivity index (χ4v) is 2.07. The highest BCUT2D eigenvalue weighted by atomic mass is 16.6. The smallest absolute Gasteiger partial charge is 0.353 e. The Hall–Kier alpha value is -2.42. The highest BCUT2D eigenvalue weighted by molar-refractivity contribution is 5.48. The Morgan fingerprint density at radius 1 is 1.45 bits per heavy atom. The highest BCUT2D eigenvalue weighted by Crippen LogP contribution is 2.31. The molecule has 0 spiro atoms. The van der Waals surface area contributed by atoms with Crippen LogP contribution in [0.15, 0.2) is 6.07 Å². The summed E-state index contributed by atoms with van der Waals surface area (Å²) in [5.41, 5.74) is 0.968. The van der Waals surface area contributed by atoms with Crippen molar-refractivity contribution in [3.8, 4) is 11.7 Å². The quantitative estimate of drug-likeness (QED) is 0.633. The van der Waals surface area contributed by atoms with Gasteiger partial charge in [-0.25, -0.2) is 4.68 Å². The number of hydrogen-bond donors (Lipinski definition) is 1. The van der Waals surface area contributed by atoms with Crippen LogP contribution in [0.2, 0.25) is 0 Å². The molecule has 120 valence electrons. The summed E-state index contributed by atoms with van der Waals surface area (Å²) < 4.78 is 8.46. The van der Waals surface area contributed by atoms with Crippen LogP contribution in [-0.2, 0) is 7.05 Å². The molecule has 0 aliphatic rings. The van der Waals surface area contributed by atoms with Gasteiger partial charge in [-0.1, -0.05) is 6.92 Å². The summed E-state index contributed by atoms with van der Waals surface area (Å²) in [5, 5.41) is 28.7. The Bertz CT molecular complexity index is 691. The molecule has 0 amide bonds. The first-order valence-corrected chi connectivity index (χ1v) is 6.83. The van der Waals surface area contributed by atoms with Gasteiger partial charge in [0.15, 0.2) is 5.82 Å². The van der Waals surface area contributed by atoms with E-state index < -0.39 is 4.92 Å². The molecule has 0 aliphatic carbocycles. The SMILES string of the molecule is Cc1cc(-n2nc(OC[C@@H](C)CO)c([N+](=O)[O-])c2C)n(C)n1. The minimum Gasteiger partial charge on any atom is -0.471 e. The summed E-state index contributed by atoms with van der Waals surface area (Å²) >= 11 is 0. The van der Waals surface area contributed by atoms with Crippen LogP contribution < -0.4 is 4.74 Å². The fourth-order valence-electron chi connectivity index (χ4n) is 2.07. The number of rotatable bonds is 6. The van der Waals surface area contributed by atoms with E-state index in [1.165, 1.54) is 4.68 Å². The summed E-state index contributed by atoms with van der Waals surface area (Å²) in [4.78, 5) is 10.8. The molecule has 1 N–H and O–H groups in total. The lowest BCUT2D eigenvalue weighted by Crippen LogP contribution is -2.13. The number of hydrogen-bond acceptors (Lipinski definition) is 6. The predicted octanol–water partition coefficient (Wildman–Crippen LogP) is 1.14. The first-order valence-electron chi connectivity index (χ1n) is 6.83. The third-order valence-corrected chi connectivity index (χ3v) is 3.25. The molecule has 22 heavy (non-hydrogen) atoms. The van der Waals surface area contributed by atoms with E-state index in [1.54, 1.807) is 31.6 Å². The zero-order chi connectivity index (χ0) is 16.4. The van der Waals surface area contributed by atoms with E-state index in [0.717, 1.165) is 5.69 Å². The minimum absolute atomic E-state index is 0.0540. The first kappa shape index (κ1) is 16.0. The zero-order valence-electron chi connectivity index (χ0n) is 13.0. The van der Waals surface area contributed by atoms with Crippen molar-refractivity contribution in [1.29, 1.82) is 0 Å². The Balaban J connectivity index is 2.44. The molecule has 0 saturated heterocycles. The molecule has 9 heteroatoms. The molecule has 0 aromatic carbocycles. The summed E-state index contributed by atoms with van der Waals surface area (Å²) in [7, 11) is 1.74. The van der Waals surface area contributed by atoms with Crippen molar-refractivity contribution in [1.82, 2.24) is 19.6 Å². The maximum atomic E-state index is 11.3. The topological polar surface area (TPSA) is 108 Å². The van der Waals surface area contributed by atoms with E-state index in [0.29, 0.717) is 11.5 Å². The highest BCUT2D eigenvalue weighted by Gasteiger charge is 2.28. The van der Waals surface area contributed by atoms with Crippen molar-refractivity contribution >= 4 is 5.69 Å². The number of nitro groups is 1. The number of nitrogens with zero attached hydrogens (tertiary/aromatic N) is 5. The number of aliphatic hydroxyl groups excluding tert-OH is 1. The van der Waals surface area contributed by atoms with Crippen molar-refractivity contribution in [2.75, 3.05) is 13.2 Å². The van der Waals surface area contributed by atoms with E-state index in [4.69, 9.17) is 9.84 Å². The van der Waals surface area contributed by atoms with Crippen molar-refractivity contribution in [2.24, 2.45) is 13.0 Å². The first-order chi connectivity index (χ1) is 10.3. The number of aliphatic hydroxyl groups is 1. The molecule has 9 nitrogen and oxygen atoms in total. The number of aromatic nitrogens is 4. The third kappa shape index (κ3) is 2.93. The lowest BCUT2D eigenvalue weighted by Gasteiger charge is -2.07. The molecule has 0 bridgehead atoms. The van der Waals surface area contributed by atoms with Gasteiger partial charge in [-0.05, 0) is 13.8 Å². The summed E-state index contributed by atoms with van der Waals surface area (Å²) in [6.45, 7) is 5.31. The normalized spacial score (nSPS) is 12.4. The van der Waals surface area contributed by atoms with Gasteiger partial charge in [0.2, 0.25) is 0 Å². The molecular weight excluding hydrogens is 290 g/mol. The number of aryl methyl sites for hydroxylation is 2. The second kappa shape index (κ2) is 6.14. The largest absolute Gasteiger partial charge is 0.471 e. The van der Waals surface area contributed by atoms with Crippen LogP contribution in [0.5, 0.6) is 5.88 Å². The Morgan fingerprint density at radius 3 is 2.64 bits per heavy atom. The Kier molecular flexibility index (Phi) is 4.45. The monoisotopic (exact) mass is 309 g/mol. The molecule has 2 heterocycles. The molecule has 2 aromatic rings. The fraction of sp³-hybridized carbons (Fsp3) is 0.538. The lowest BCUT2D eigenvalue weighted by atomic mass is 10.2. The molecule has 0 saturated carbocycles. The van der Waals surface area contributed by atoms with Gasteiger partial charge in [0.1, 0.15) is 5.69 Å². The molecule has 0 radical (unpaired) electrons. The van der Waals surface area contributed by atoms with E-state index in [2.05, 4.69) is 10.2 Å². The Labute approximate surface area is 127 Å². The summed E-state index contributed by atoms with van der Waals surface area (Å²) in [6.07, 6.45) is 0. The lowest BCUT2D eigenvalue weighted by molar-refractivity contribution is -0.386. The van der Waals surface area contributed by atoms with E-state index in [1.807, 2.05) is 6.92 Å². The molecule has 2 rings (SSSR count). The molecule has 2 aromatic heterocycles. The molecule has 0 fully saturated rings. The average Bonchev–Trinajstić information content (AvgIpc) is 2.95. The van der Waals surface area contributed by atoms with E-state index in [9.17, 15) is 10.1 Å². The van der Waals surface area contributed by atoms with Gasteiger partial charge in [-0.2, -0.15) is 5.10 Å². The zero-order valence-corrected chi connectivity index (χ0v) is 13.0. The van der Waals surface area contributed by atoms with Gasteiger partial charge >= 0.3 is 11.6 Å². The molecule has 0 unspecified atom stereocenters. The van der Waals surface area contributed by atoms with Gasteiger partial charge in [-0.15, -0.1) is 5.10 Å². The van der Waals surface area contributed by atoms with Crippen molar-refractivity contribution in [3.05, 3.63) is 27.6 Å². The maximum absolute atomic E-state index is 11.3. The minimum atomic E-state index is -0.513. The molecular formula is C13H19N5O4. The van der Waals surface area contributed by atoms with Gasteiger partial charge in [0.05, 0.1) is 17.2 Å². The standard InChI is InChI=1S/C13H19N5O4/c1-8(6-19)7-22-13-12(18(20)21)10(3)17(15-13)11-5-9(2)14-16(11)4/h5,8,19H,6-7H2,1-4H3/t8-/m0/s1. The van der Waals surface area contributed by atoms with Crippen LogP contribution in [-0.4, -0.2) is 42.8 Å². The molecule has 1 atom stereocenters. The van der Waals surface area contributed by atoms with Crippen LogP contribution in [0.1, 0.15) is 18.3 Å². The maximum Gasteiger partial charge on any atom is 0.353 e. The van der Waals surface area contributed by atoms with Crippen LogP contribution >= 0.6 is 0 Å². The van der Waals surface area contributed by atoms with Crippen molar-refractivity contribution in [2.45, 2.75) is 20.8 Å². The Morgan fingerprint density at radius 2 is 2.14 bits per heavy atom. The molecule has 0 aliphatic heterocycles. The second-order valence-electron chi connectivity index (χ2n) is 5.27. The summed E-state index contributed by atoms with van der Waals surface area (Å²) in [5.74, 6) is 0.425. The van der Waals surface area contributed by atoms with Gasteiger partial charge in [-0.3, -0.25) is 14.8 Å². The van der Waals surface area contributed by atoms with Gasteiger partial charge < -0.3 is 9.84 Å².